The highest BCUT2D eigenvalue weighted by molar-refractivity contribution is 7.99. The monoisotopic (exact) mass is 406 g/mol. The highest BCUT2D eigenvalue weighted by Crippen LogP contribution is 2.30. The van der Waals surface area contributed by atoms with Gasteiger partial charge in [0.15, 0.2) is 0 Å². The van der Waals surface area contributed by atoms with Crippen LogP contribution >= 0.6 is 11.8 Å². The topological polar surface area (TPSA) is 122 Å². The first-order chi connectivity index (χ1) is 12.7. The first-order valence-corrected chi connectivity index (χ1v) is 10.9. The van der Waals surface area contributed by atoms with Crippen LogP contribution in [0.15, 0.2) is 0 Å². The van der Waals surface area contributed by atoms with Gasteiger partial charge in [0, 0.05) is 6.54 Å². The number of aliphatic hydroxyl groups is 4. The quantitative estimate of drug-likeness (QED) is 0.370. The molecule has 9 atom stereocenters. The third kappa shape index (κ3) is 5.14. The van der Waals surface area contributed by atoms with Crippen LogP contribution in [0, 0.1) is 5.92 Å². The molecule has 8 nitrogen and oxygen atoms in total. The van der Waals surface area contributed by atoms with Crippen molar-refractivity contribution in [1.29, 1.82) is 0 Å². The average Bonchev–Trinajstić information content (AvgIpc) is 2.99. The molecule has 0 aromatic heterocycles. The molecule has 2 fully saturated rings. The van der Waals surface area contributed by atoms with Gasteiger partial charge in [-0.05, 0) is 39.0 Å². The van der Waals surface area contributed by atoms with Crippen LogP contribution < -0.4 is 5.32 Å². The van der Waals surface area contributed by atoms with Crippen molar-refractivity contribution in [2.24, 2.45) is 5.92 Å². The number of aliphatic hydroxyl groups excluding tert-OH is 4. The van der Waals surface area contributed by atoms with E-state index >= 15 is 0 Å². The lowest BCUT2D eigenvalue weighted by atomic mass is 9.92. The number of hydrogen-bond donors (Lipinski definition) is 5. The molecule has 5 unspecified atom stereocenters. The Labute approximate surface area is 165 Å². The zero-order chi connectivity index (χ0) is 20.3. The molecular weight excluding hydrogens is 372 g/mol. The Balaban J connectivity index is 2.09. The number of nitrogens with zero attached hydrogens (tertiary/aromatic N) is 1. The molecule has 2 rings (SSSR count). The minimum Gasteiger partial charge on any atom is -0.391 e. The van der Waals surface area contributed by atoms with E-state index in [9.17, 15) is 25.2 Å². The number of ether oxygens (including phenoxy) is 1. The van der Waals surface area contributed by atoms with E-state index < -0.39 is 42.0 Å². The molecule has 0 spiro atoms. The number of thioether (sulfide) groups is 1. The molecular formula is C18H34N2O6S. The van der Waals surface area contributed by atoms with Gasteiger partial charge in [-0.1, -0.05) is 13.3 Å². The minimum absolute atomic E-state index is 0.223. The fourth-order valence-electron chi connectivity index (χ4n) is 4.13. The Hall–Kier alpha value is -0.420. The van der Waals surface area contributed by atoms with Crippen molar-refractivity contribution in [3.63, 3.8) is 0 Å². The lowest BCUT2D eigenvalue weighted by Gasteiger charge is -2.44. The second kappa shape index (κ2) is 9.87. The normalized spacial score (nSPS) is 39.9. The van der Waals surface area contributed by atoms with Crippen LogP contribution in [0.4, 0.5) is 0 Å². The molecule has 0 bridgehead atoms. The molecule has 2 heterocycles. The first-order valence-electron chi connectivity index (χ1n) is 9.62. The fourth-order valence-corrected chi connectivity index (χ4v) is 4.81. The molecule has 0 aliphatic carbocycles. The van der Waals surface area contributed by atoms with Crippen molar-refractivity contribution in [2.75, 3.05) is 19.8 Å². The summed E-state index contributed by atoms with van der Waals surface area (Å²) in [6.45, 7) is 4.48. The van der Waals surface area contributed by atoms with Crippen LogP contribution in [0.5, 0.6) is 0 Å². The summed E-state index contributed by atoms with van der Waals surface area (Å²) in [6, 6.07) is -1.20. The van der Waals surface area contributed by atoms with Crippen molar-refractivity contribution in [2.45, 2.75) is 81.1 Å². The second-order valence-electron chi connectivity index (χ2n) is 7.80. The van der Waals surface area contributed by atoms with Gasteiger partial charge in [0.05, 0.1) is 18.2 Å². The Morgan fingerprint density at radius 3 is 2.52 bits per heavy atom. The third-order valence-electron chi connectivity index (χ3n) is 5.66. The zero-order valence-corrected chi connectivity index (χ0v) is 17.3. The minimum atomic E-state index is -1.42. The van der Waals surface area contributed by atoms with Gasteiger partial charge in [0.25, 0.3) is 0 Å². The molecule has 27 heavy (non-hydrogen) atoms. The molecule has 2 saturated heterocycles. The van der Waals surface area contributed by atoms with Gasteiger partial charge in [-0.3, -0.25) is 9.69 Å². The van der Waals surface area contributed by atoms with Gasteiger partial charge in [-0.15, -0.1) is 11.8 Å². The average molecular weight is 407 g/mol. The zero-order valence-electron chi connectivity index (χ0n) is 16.5. The van der Waals surface area contributed by atoms with Gasteiger partial charge < -0.3 is 30.5 Å². The molecule has 158 valence electrons. The van der Waals surface area contributed by atoms with Crippen LogP contribution in [-0.4, -0.2) is 99.1 Å². The highest BCUT2D eigenvalue weighted by atomic mass is 32.2. The maximum absolute atomic E-state index is 12.8. The summed E-state index contributed by atoms with van der Waals surface area (Å²) >= 11 is 1.20. The number of amides is 1. The Morgan fingerprint density at radius 1 is 1.30 bits per heavy atom. The predicted octanol–water partition coefficient (Wildman–Crippen LogP) is -0.857. The van der Waals surface area contributed by atoms with Crippen LogP contribution in [0.25, 0.3) is 0 Å². The third-order valence-corrected chi connectivity index (χ3v) is 6.51. The number of likely N-dealkylation sites (N-methyl/N-ethyl adjacent to an activating group) is 1. The standard InChI is InChI=1S/C18H34N2O6S/c1-5-6-10-7-11(20(3)8-10)17(25)19-12(9(2)21)16-14(23)13(22)15(24)18(26-16)27-4/h9-16,18,21-24H,5-8H2,1-4H3,(H,19,25)/t9-,10+,11+,12-,13?,14?,15?,16?,18?/m1/s1. The molecule has 0 aromatic carbocycles. The molecule has 1 amide bonds. The smallest absolute Gasteiger partial charge is 0.237 e. The lowest BCUT2D eigenvalue weighted by Crippen LogP contribution is -2.65. The summed E-state index contributed by atoms with van der Waals surface area (Å²) in [6.07, 6.45) is -1.50. The maximum atomic E-state index is 12.8. The van der Waals surface area contributed by atoms with Crippen LogP contribution in [-0.2, 0) is 9.53 Å². The predicted molar refractivity (Wildman–Crippen MR) is 103 cm³/mol. The lowest BCUT2D eigenvalue weighted by molar-refractivity contribution is -0.211. The van der Waals surface area contributed by atoms with E-state index in [0.717, 1.165) is 25.8 Å². The van der Waals surface area contributed by atoms with Crippen molar-refractivity contribution >= 4 is 17.7 Å². The van der Waals surface area contributed by atoms with Gasteiger partial charge >= 0.3 is 0 Å². The summed E-state index contributed by atoms with van der Waals surface area (Å²) in [5.74, 6) is 0.245. The van der Waals surface area contributed by atoms with Gasteiger partial charge in [0.1, 0.15) is 29.9 Å². The summed E-state index contributed by atoms with van der Waals surface area (Å²) < 4.78 is 5.72. The van der Waals surface area contributed by atoms with Crippen LogP contribution in [0.3, 0.4) is 0 Å². The number of carbonyl (C=O) groups is 1. The Kier molecular flexibility index (Phi) is 8.35. The van der Waals surface area contributed by atoms with E-state index in [2.05, 4.69) is 12.2 Å². The maximum Gasteiger partial charge on any atom is 0.237 e. The molecule has 0 aromatic rings. The van der Waals surface area contributed by atoms with Crippen molar-refractivity contribution in [3.05, 3.63) is 0 Å². The number of carbonyl (C=O) groups excluding carboxylic acids is 1. The molecule has 0 radical (unpaired) electrons. The van der Waals surface area contributed by atoms with Crippen molar-refractivity contribution in [1.82, 2.24) is 10.2 Å². The van der Waals surface area contributed by atoms with E-state index in [0.29, 0.717) is 5.92 Å². The van der Waals surface area contributed by atoms with Gasteiger partial charge in [0.2, 0.25) is 5.91 Å². The van der Waals surface area contributed by atoms with E-state index in [1.54, 1.807) is 6.26 Å². The molecule has 9 heteroatoms. The Bertz CT molecular complexity index is 494. The Morgan fingerprint density at radius 2 is 1.96 bits per heavy atom. The van der Waals surface area contributed by atoms with Crippen molar-refractivity contribution in [3.8, 4) is 0 Å². The molecule has 0 saturated carbocycles. The fraction of sp³-hybridized carbons (Fsp3) is 0.944. The number of likely N-dealkylation sites (tertiary alicyclic amines) is 1. The van der Waals surface area contributed by atoms with Crippen LogP contribution in [0.2, 0.25) is 0 Å². The second-order valence-corrected chi connectivity index (χ2v) is 8.73. The van der Waals surface area contributed by atoms with E-state index in [4.69, 9.17) is 4.74 Å². The van der Waals surface area contributed by atoms with Gasteiger partial charge in [-0.25, -0.2) is 0 Å². The van der Waals surface area contributed by atoms with Gasteiger partial charge in [-0.2, -0.15) is 0 Å². The van der Waals surface area contributed by atoms with E-state index in [-0.39, 0.29) is 11.9 Å². The first kappa shape index (κ1) is 22.9. The van der Waals surface area contributed by atoms with E-state index in [1.807, 2.05) is 11.9 Å². The number of rotatable bonds is 7. The van der Waals surface area contributed by atoms with Crippen LogP contribution in [0.1, 0.15) is 33.1 Å². The molecule has 5 N–H and O–H groups in total. The largest absolute Gasteiger partial charge is 0.391 e. The number of hydrogen-bond acceptors (Lipinski definition) is 8. The number of nitrogens with one attached hydrogen (secondary N) is 1. The summed E-state index contributed by atoms with van der Waals surface area (Å²) in [7, 11) is 1.91. The summed E-state index contributed by atoms with van der Waals surface area (Å²) in [5, 5.41) is 43.5. The van der Waals surface area contributed by atoms with E-state index in [1.165, 1.54) is 18.7 Å². The molecule has 2 aliphatic heterocycles. The van der Waals surface area contributed by atoms with Crippen molar-refractivity contribution < 1.29 is 30.0 Å². The SMILES string of the molecule is CCC[C@H]1C[C@@H](C(=O)N[C@@H](C2OC(SC)C(O)C(O)C2O)[C@@H](C)O)N(C)C1. The molecule has 2 aliphatic rings. The highest BCUT2D eigenvalue weighted by Gasteiger charge is 2.48. The summed E-state index contributed by atoms with van der Waals surface area (Å²) in [5.41, 5.74) is -0.755. The summed E-state index contributed by atoms with van der Waals surface area (Å²) in [4.78, 5) is 14.9.